The average Bonchev–Trinajstić information content (AvgIpc) is 2.95. The fourth-order valence-corrected chi connectivity index (χ4v) is 5.62. The molecule has 2 aliphatic carbocycles. The predicted molar refractivity (Wildman–Crippen MR) is 87.7 cm³/mol. The van der Waals surface area contributed by atoms with Gasteiger partial charge >= 0.3 is 0 Å². The molecule has 2 aliphatic heterocycles. The molecule has 25 heavy (non-hydrogen) atoms. The van der Waals surface area contributed by atoms with Crippen LogP contribution in [0.4, 0.5) is 0 Å². The number of nitro groups is 1. The smallest absolute Gasteiger partial charge is 0.269 e. The third-order valence-electron chi connectivity index (χ3n) is 6.65. The van der Waals surface area contributed by atoms with Crippen LogP contribution >= 0.6 is 0 Å². The molecule has 0 radical (unpaired) electrons. The average molecular weight is 342 g/mol. The van der Waals surface area contributed by atoms with E-state index in [2.05, 4.69) is 4.90 Å². The Balaban J connectivity index is 1.92. The molecule has 0 saturated carbocycles. The summed E-state index contributed by atoms with van der Waals surface area (Å²) in [5.41, 5.74) is -0.480. The highest BCUT2D eigenvalue weighted by Gasteiger charge is 2.78. The molecule has 130 valence electrons. The highest BCUT2D eigenvalue weighted by molar-refractivity contribution is 5.99. The molecule has 7 nitrogen and oxygen atoms in total. The van der Waals surface area contributed by atoms with Crippen LogP contribution in [0.1, 0.15) is 17.5 Å². The first-order valence-corrected chi connectivity index (χ1v) is 8.42. The Labute approximate surface area is 144 Å². The Kier molecular flexibility index (Phi) is 2.62. The summed E-state index contributed by atoms with van der Waals surface area (Å²) in [6.07, 6.45) is 3.09. The number of ether oxygens (including phenoxy) is 2. The molecule has 2 bridgehead atoms. The van der Waals surface area contributed by atoms with E-state index in [0.717, 1.165) is 11.1 Å². The summed E-state index contributed by atoms with van der Waals surface area (Å²) in [6, 6.07) is 3.48. The SMILES string of the molecule is COc1ccc2c3c1O[C@H]1C(=O)C=C[C@@]4([N+](=O)[O-])[C@@H](C2)N(C)CC[C@]314. The third-order valence-corrected chi connectivity index (χ3v) is 6.65. The summed E-state index contributed by atoms with van der Waals surface area (Å²) in [4.78, 5) is 27.0. The largest absolute Gasteiger partial charge is 0.493 e. The van der Waals surface area contributed by atoms with E-state index in [0.29, 0.717) is 30.9 Å². The molecule has 0 N–H and O–H groups in total. The van der Waals surface area contributed by atoms with E-state index < -0.39 is 17.1 Å². The van der Waals surface area contributed by atoms with Crippen LogP contribution in [-0.2, 0) is 16.6 Å². The minimum Gasteiger partial charge on any atom is -0.493 e. The van der Waals surface area contributed by atoms with Crippen molar-refractivity contribution in [2.75, 3.05) is 20.7 Å². The van der Waals surface area contributed by atoms with E-state index in [9.17, 15) is 14.9 Å². The van der Waals surface area contributed by atoms with Gasteiger partial charge in [0.2, 0.25) is 0 Å². The molecule has 5 rings (SSSR count). The van der Waals surface area contributed by atoms with Crippen molar-refractivity contribution >= 4 is 5.78 Å². The number of hydrogen-bond acceptors (Lipinski definition) is 6. The number of nitrogens with zero attached hydrogens (tertiary/aromatic N) is 2. The van der Waals surface area contributed by atoms with Gasteiger partial charge in [-0.3, -0.25) is 19.8 Å². The number of likely N-dealkylation sites (N-methyl/N-ethyl adjacent to an activating group) is 1. The number of benzene rings is 1. The Morgan fingerprint density at radius 2 is 2.24 bits per heavy atom. The molecule has 2 heterocycles. The molecular weight excluding hydrogens is 324 g/mol. The van der Waals surface area contributed by atoms with E-state index >= 15 is 0 Å². The molecular formula is C18H18N2O5. The molecule has 1 aromatic carbocycles. The first-order valence-electron chi connectivity index (χ1n) is 8.42. The van der Waals surface area contributed by atoms with Gasteiger partial charge in [-0.2, -0.15) is 0 Å². The van der Waals surface area contributed by atoms with Crippen LogP contribution in [0, 0.1) is 10.1 Å². The molecule has 4 atom stereocenters. The second-order valence-corrected chi connectivity index (χ2v) is 7.37. The quantitative estimate of drug-likeness (QED) is 0.591. The lowest BCUT2D eigenvalue weighted by Gasteiger charge is -2.56. The molecule has 1 aromatic rings. The number of hydrogen-bond donors (Lipinski definition) is 0. The minimum absolute atomic E-state index is 0.190. The fourth-order valence-electron chi connectivity index (χ4n) is 5.62. The minimum atomic E-state index is -1.36. The van der Waals surface area contributed by atoms with Gasteiger partial charge in [0.15, 0.2) is 23.4 Å². The summed E-state index contributed by atoms with van der Waals surface area (Å²) in [6.45, 7) is 0.692. The fraction of sp³-hybridized carbons (Fsp3) is 0.500. The summed E-state index contributed by atoms with van der Waals surface area (Å²) in [5.74, 6) is 0.841. The predicted octanol–water partition coefficient (Wildman–Crippen LogP) is 1.11. The lowest BCUT2D eigenvalue weighted by molar-refractivity contribution is -0.584. The molecule has 0 amide bonds. The molecule has 1 fully saturated rings. The van der Waals surface area contributed by atoms with Crippen LogP contribution in [0.3, 0.4) is 0 Å². The lowest BCUT2D eigenvalue weighted by Crippen LogP contribution is -2.77. The number of likely N-dealkylation sites (tertiary alicyclic amines) is 1. The van der Waals surface area contributed by atoms with Crippen molar-refractivity contribution in [2.45, 2.75) is 35.9 Å². The van der Waals surface area contributed by atoms with Crippen molar-refractivity contribution in [3.05, 3.63) is 45.5 Å². The second-order valence-electron chi connectivity index (χ2n) is 7.37. The van der Waals surface area contributed by atoms with Crippen molar-refractivity contribution in [1.82, 2.24) is 4.90 Å². The number of methoxy groups -OCH3 is 1. The van der Waals surface area contributed by atoms with Gasteiger partial charge in [-0.1, -0.05) is 6.07 Å². The first-order chi connectivity index (χ1) is 12.0. The van der Waals surface area contributed by atoms with E-state index in [-0.39, 0.29) is 16.7 Å². The van der Waals surface area contributed by atoms with Crippen LogP contribution in [0.25, 0.3) is 0 Å². The van der Waals surface area contributed by atoms with E-state index in [4.69, 9.17) is 9.47 Å². The second kappa shape index (κ2) is 4.40. The monoisotopic (exact) mass is 342 g/mol. The van der Waals surface area contributed by atoms with Crippen molar-refractivity contribution in [3.8, 4) is 11.5 Å². The Morgan fingerprint density at radius 1 is 1.44 bits per heavy atom. The van der Waals surface area contributed by atoms with Gasteiger partial charge in [0, 0.05) is 10.5 Å². The summed E-state index contributed by atoms with van der Waals surface area (Å²) < 4.78 is 11.5. The topological polar surface area (TPSA) is 81.9 Å². The zero-order valence-electron chi connectivity index (χ0n) is 14.0. The van der Waals surface area contributed by atoms with Gasteiger partial charge in [0.05, 0.1) is 13.2 Å². The maximum atomic E-state index is 12.7. The molecule has 0 aromatic heterocycles. The van der Waals surface area contributed by atoms with E-state index in [1.54, 1.807) is 7.11 Å². The van der Waals surface area contributed by atoms with Gasteiger partial charge in [-0.15, -0.1) is 0 Å². The normalized spacial score (nSPS) is 37.4. The number of carbonyl (C=O) groups is 1. The highest BCUT2D eigenvalue weighted by Crippen LogP contribution is 2.64. The number of rotatable bonds is 2. The summed E-state index contributed by atoms with van der Waals surface area (Å²) in [7, 11) is 3.47. The molecule has 0 unspecified atom stereocenters. The van der Waals surface area contributed by atoms with Gasteiger partial charge in [0.25, 0.3) is 5.54 Å². The van der Waals surface area contributed by atoms with Crippen molar-refractivity contribution in [1.29, 1.82) is 0 Å². The van der Waals surface area contributed by atoms with E-state index in [1.165, 1.54) is 12.2 Å². The van der Waals surface area contributed by atoms with E-state index in [1.807, 2.05) is 19.2 Å². The first kappa shape index (κ1) is 14.9. The molecule has 4 aliphatic rings. The van der Waals surface area contributed by atoms with Crippen molar-refractivity contribution < 1.29 is 19.2 Å². The Morgan fingerprint density at radius 3 is 2.96 bits per heavy atom. The van der Waals surface area contributed by atoms with Gasteiger partial charge in [-0.25, -0.2) is 0 Å². The summed E-state index contributed by atoms with van der Waals surface area (Å²) in [5, 5.41) is 12.4. The zero-order valence-corrected chi connectivity index (χ0v) is 14.0. The van der Waals surface area contributed by atoms with Gasteiger partial charge in [-0.05, 0) is 50.2 Å². The number of piperidine rings is 1. The van der Waals surface area contributed by atoms with Crippen LogP contribution in [0.2, 0.25) is 0 Å². The Hall–Kier alpha value is -2.41. The Bertz CT molecular complexity index is 865. The maximum Gasteiger partial charge on any atom is 0.269 e. The standard InChI is InChI=1S/C18H18N2O5/c1-19-8-7-17-14-10-3-4-12(24-2)15(14)25-16(17)11(21)5-6-18(17,20(22)23)13(19)9-10/h3-6,13,16H,7-9H2,1-2H3/t13-,16+,17+,18-/m1/s1. The zero-order chi connectivity index (χ0) is 17.6. The number of carbonyl (C=O) groups excluding carboxylic acids is 1. The van der Waals surface area contributed by atoms with Gasteiger partial charge < -0.3 is 9.47 Å². The molecule has 1 saturated heterocycles. The maximum absolute atomic E-state index is 12.7. The lowest BCUT2D eigenvalue weighted by atomic mass is 9.49. The number of ketones is 1. The van der Waals surface area contributed by atoms with Crippen LogP contribution < -0.4 is 9.47 Å². The van der Waals surface area contributed by atoms with Crippen LogP contribution in [0.5, 0.6) is 11.5 Å². The van der Waals surface area contributed by atoms with Crippen LogP contribution in [-0.4, -0.2) is 54.0 Å². The van der Waals surface area contributed by atoms with Crippen LogP contribution in [0.15, 0.2) is 24.3 Å². The van der Waals surface area contributed by atoms with Crippen molar-refractivity contribution in [3.63, 3.8) is 0 Å². The highest BCUT2D eigenvalue weighted by atomic mass is 16.6. The third kappa shape index (κ3) is 1.38. The molecule has 7 heteroatoms. The molecule has 1 spiro atoms. The van der Waals surface area contributed by atoms with Crippen molar-refractivity contribution in [2.24, 2.45) is 0 Å². The summed E-state index contributed by atoms with van der Waals surface area (Å²) >= 11 is 0. The van der Waals surface area contributed by atoms with Gasteiger partial charge in [0.1, 0.15) is 5.41 Å².